The average molecular weight is 401 g/mol. The molecule has 1 aromatic carbocycles. The Bertz CT molecular complexity index is 1130. The Labute approximate surface area is 175 Å². The first-order valence-electron chi connectivity index (χ1n) is 9.61. The third kappa shape index (κ3) is 3.57. The highest BCUT2D eigenvalue weighted by Gasteiger charge is 2.27. The van der Waals surface area contributed by atoms with Gasteiger partial charge in [0.25, 0.3) is 0 Å². The van der Waals surface area contributed by atoms with Crippen molar-refractivity contribution in [3.05, 3.63) is 85.1 Å². The summed E-state index contributed by atoms with van der Waals surface area (Å²) >= 11 is 0. The van der Waals surface area contributed by atoms with Crippen LogP contribution in [0, 0.1) is 0 Å². The minimum atomic E-state index is 0.617. The number of imidazole rings is 1. The van der Waals surface area contributed by atoms with E-state index in [1.165, 1.54) is 0 Å². The summed E-state index contributed by atoms with van der Waals surface area (Å²) in [5.41, 5.74) is 6.06. The zero-order valence-electron chi connectivity index (χ0n) is 16.8. The second-order valence-electron chi connectivity index (χ2n) is 6.63. The van der Waals surface area contributed by atoms with E-state index in [2.05, 4.69) is 37.9 Å². The number of H-pyrrole nitrogens is 1. The lowest BCUT2D eigenvalue weighted by molar-refractivity contribution is 0.347. The molecule has 2 aliphatic rings. The fourth-order valence-electron chi connectivity index (χ4n) is 3.48. The van der Waals surface area contributed by atoms with Gasteiger partial charge in [-0.15, -0.1) is 0 Å². The van der Waals surface area contributed by atoms with Crippen molar-refractivity contribution >= 4 is 5.90 Å². The Morgan fingerprint density at radius 3 is 2.77 bits per heavy atom. The van der Waals surface area contributed by atoms with Crippen LogP contribution in [0.15, 0.2) is 73.2 Å². The molecule has 1 N–H and O–H groups in total. The molecule has 0 saturated heterocycles. The summed E-state index contributed by atoms with van der Waals surface area (Å²) in [7, 11) is 1.67. The predicted octanol–water partition coefficient (Wildman–Crippen LogP) is 3.87. The van der Waals surface area contributed by atoms with Crippen molar-refractivity contribution in [2.75, 3.05) is 20.3 Å². The number of aromatic amines is 1. The second-order valence-corrected chi connectivity index (χ2v) is 6.63. The third-order valence-electron chi connectivity index (χ3n) is 4.85. The molecule has 0 aliphatic carbocycles. The fourth-order valence-corrected chi connectivity index (χ4v) is 3.48. The van der Waals surface area contributed by atoms with Crippen LogP contribution in [0.2, 0.25) is 0 Å². The summed E-state index contributed by atoms with van der Waals surface area (Å²) < 4.78 is 13.1. The molecule has 4 heterocycles. The van der Waals surface area contributed by atoms with Crippen molar-refractivity contribution in [1.29, 1.82) is 0 Å². The quantitative estimate of drug-likeness (QED) is 0.527. The molecular weight excluding hydrogens is 378 g/mol. The van der Waals surface area contributed by atoms with Gasteiger partial charge in [-0.25, -0.2) is 9.98 Å². The molecule has 0 radical (unpaired) electrons. The Balaban J connectivity index is 0.000000322. The first-order chi connectivity index (χ1) is 14.8. The van der Waals surface area contributed by atoms with Crippen molar-refractivity contribution in [3.8, 4) is 22.7 Å². The number of hydrogen-bond donors (Lipinski definition) is 1. The predicted molar refractivity (Wildman–Crippen MR) is 117 cm³/mol. The van der Waals surface area contributed by atoms with E-state index in [0.717, 1.165) is 39.6 Å². The molecule has 0 bridgehead atoms. The van der Waals surface area contributed by atoms with Crippen LogP contribution >= 0.6 is 0 Å². The van der Waals surface area contributed by atoms with Crippen molar-refractivity contribution in [1.82, 2.24) is 19.7 Å². The van der Waals surface area contributed by atoms with E-state index >= 15 is 0 Å². The van der Waals surface area contributed by atoms with E-state index in [1.54, 1.807) is 19.3 Å². The number of hydrogen-bond acceptors (Lipinski definition) is 5. The first-order valence-corrected chi connectivity index (χ1v) is 9.61. The van der Waals surface area contributed by atoms with Gasteiger partial charge in [-0.2, -0.15) is 5.10 Å². The number of fused-ring (bicyclic) bond motifs is 5. The summed E-state index contributed by atoms with van der Waals surface area (Å²) in [6, 6.07) is 6.01. The van der Waals surface area contributed by atoms with Crippen LogP contribution in [0.5, 0.6) is 5.75 Å². The molecule has 0 spiro atoms. The van der Waals surface area contributed by atoms with Gasteiger partial charge in [0.1, 0.15) is 24.4 Å². The number of benzene rings is 1. The number of nitrogens with one attached hydrogen (secondary N) is 1. The van der Waals surface area contributed by atoms with E-state index in [4.69, 9.17) is 9.47 Å². The van der Waals surface area contributed by atoms with Crippen molar-refractivity contribution in [2.24, 2.45) is 4.99 Å². The summed E-state index contributed by atoms with van der Waals surface area (Å²) in [4.78, 5) is 8.98. The number of ether oxygens (including phenoxy) is 2. The van der Waals surface area contributed by atoms with Gasteiger partial charge in [-0.3, -0.25) is 5.10 Å². The van der Waals surface area contributed by atoms with Gasteiger partial charge in [0.15, 0.2) is 0 Å². The Hall–Kier alpha value is -3.87. The van der Waals surface area contributed by atoms with Gasteiger partial charge in [0, 0.05) is 17.5 Å². The molecule has 7 nitrogen and oxygen atoms in total. The van der Waals surface area contributed by atoms with Gasteiger partial charge in [0.2, 0.25) is 5.90 Å². The monoisotopic (exact) mass is 401 g/mol. The van der Waals surface area contributed by atoms with E-state index in [0.29, 0.717) is 25.5 Å². The summed E-state index contributed by atoms with van der Waals surface area (Å²) in [6.45, 7) is 8.23. The van der Waals surface area contributed by atoms with E-state index < -0.39 is 0 Å². The lowest BCUT2D eigenvalue weighted by Crippen LogP contribution is -2.08. The van der Waals surface area contributed by atoms with Crippen LogP contribution in [-0.4, -0.2) is 45.9 Å². The molecule has 152 valence electrons. The number of aliphatic imine (C=N–C) groups is 1. The molecule has 0 fully saturated rings. The number of nitrogens with zero attached hydrogens (tertiary/aromatic N) is 4. The van der Waals surface area contributed by atoms with Gasteiger partial charge >= 0.3 is 0 Å². The molecule has 2 aliphatic heterocycles. The summed E-state index contributed by atoms with van der Waals surface area (Å²) in [5.74, 6) is 1.44. The van der Waals surface area contributed by atoms with Crippen molar-refractivity contribution < 1.29 is 9.47 Å². The molecular formula is C23H23N5O2. The SMILES string of the molecule is C=C/C=C\C=C.COc1ccc2c(c1)-c1[nH]ncc1Cc1c(C3=NCCO3)ncn1-2. The topological polar surface area (TPSA) is 77.3 Å². The maximum absolute atomic E-state index is 5.63. The molecule has 7 heteroatoms. The van der Waals surface area contributed by atoms with Crippen molar-refractivity contribution in [2.45, 2.75) is 6.42 Å². The van der Waals surface area contributed by atoms with Gasteiger partial charge in [-0.1, -0.05) is 37.5 Å². The van der Waals surface area contributed by atoms with Crippen LogP contribution in [0.1, 0.15) is 17.0 Å². The number of rotatable bonds is 4. The molecule has 30 heavy (non-hydrogen) atoms. The molecule has 3 aromatic rings. The normalized spacial score (nSPS) is 13.7. The Kier molecular flexibility index (Phi) is 5.61. The fraction of sp³-hybridized carbons (Fsp3) is 0.174. The smallest absolute Gasteiger partial charge is 0.237 e. The zero-order valence-corrected chi connectivity index (χ0v) is 16.8. The number of allylic oxidation sites excluding steroid dienone is 4. The summed E-state index contributed by atoms with van der Waals surface area (Å²) in [5, 5.41) is 7.35. The van der Waals surface area contributed by atoms with E-state index in [1.807, 2.05) is 42.9 Å². The lowest BCUT2D eigenvalue weighted by Gasteiger charge is -2.11. The zero-order chi connectivity index (χ0) is 20.9. The largest absolute Gasteiger partial charge is 0.497 e. The van der Waals surface area contributed by atoms with Crippen LogP contribution in [0.4, 0.5) is 0 Å². The van der Waals surface area contributed by atoms with Gasteiger partial charge < -0.3 is 14.0 Å². The van der Waals surface area contributed by atoms with Crippen LogP contribution in [-0.2, 0) is 11.2 Å². The lowest BCUT2D eigenvalue weighted by atomic mass is 10.0. The Morgan fingerprint density at radius 2 is 2.07 bits per heavy atom. The maximum atomic E-state index is 5.63. The maximum Gasteiger partial charge on any atom is 0.237 e. The minimum Gasteiger partial charge on any atom is -0.497 e. The van der Waals surface area contributed by atoms with Gasteiger partial charge in [-0.05, 0) is 18.2 Å². The molecule has 0 saturated carbocycles. The first kappa shape index (κ1) is 19.4. The standard InChI is InChI=1S/C17H15N5O2.C6H8/c1-23-11-2-3-13-12(7-11)15-10(8-20-21-15)6-14-16(19-9-22(13)14)17-18-4-5-24-17;1-3-5-6-4-2/h2-3,7-9H,4-6H2,1H3,(H,20,21);3-6H,1-2H2/b;6-5-. The van der Waals surface area contributed by atoms with Crippen molar-refractivity contribution in [3.63, 3.8) is 0 Å². The third-order valence-corrected chi connectivity index (χ3v) is 4.85. The van der Waals surface area contributed by atoms with Crippen LogP contribution in [0.3, 0.4) is 0 Å². The molecule has 2 aromatic heterocycles. The van der Waals surface area contributed by atoms with E-state index in [9.17, 15) is 0 Å². The molecule has 0 atom stereocenters. The molecule has 0 amide bonds. The minimum absolute atomic E-state index is 0.617. The Morgan fingerprint density at radius 1 is 1.23 bits per heavy atom. The average Bonchev–Trinajstić information content (AvgIpc) is 3.52. The number of aromatic nitrogens is 4. The highest BCUT2D eigenvalue weighted by atomic mass is 16.5. The highest BCUT2D eigenvalue weighted by Crippen LogP contribution is 2.37. The van der Waals surface area contributed by atoms with Gasteiger partial charge in [0.05, 0.1) is 36.9 Å². The summed E-state index contributed by atoms with van der Waals surface area (Å²) in [6.07, 6.45) is 11.5. The van der Waals surface area contributed by atoms with E-state index in [-0.39, 0.29) is 0 Å². The van der Waals surface area contributed by atoms with Crippen LogP contribution in [0.25, 0.3) is 16.9 Å². The van der Waals surface area contributed by atoms with Crippen LogP contribution < -0.4 is 4.74 Å². The highest BCUT2D eigenvalue weighted by molar-refractivity contribution is 5.95. The number of methoxy groups -OCH3 is 1. The molecule has 0 unspecified atom stereocenters. The molecule has 5 rings (SSSR count). The second kappa shape index (κ2) is 8.65.